The number of nitrogens with zero attached hydrogens (tertiary/aromatic N) is 6. The molecule has 0 atom stereocenters. The first kappa shape index (κ1) is 17.4. The van der Waals surface area contributed by atoms with Gasteiger partial charge in [0.15, 0.2) is 0 Å². The van der Waals surface area contributed by atoms with Crippen LogP contribution in [-0.4, -0.2) is 11.7 Å². The lowest BCUT2D eigenvalue weighted by atomic mass is 10.1. The average molecular weight is 364 g/mol. The molecular formula is C22H16N6. The van der Waals surface area contributed by atoms with Gasteiger partial charge in [-0.15, -0.1) is 10.2 Å². The highest BCUT2D eigenvalue weighted by Crippen LogP contribution is 2.34. The molecule has 0 amide bonds. The first-order chi connectivity index (χ1) is 13.8. The van der Waals surface area contributed by atoms with Gasteiger partial charge in [0.1, 0.15) is 5.69 Å². The molecule has 6 nitrogen and oxygen atoms in total. The van der Waals surface area contributed by atoms with Crippen LogP contribution < -0.4 is 0 Å². The number of aliphatic imine (C=N–C) groups is 1. The van der Waals surface area contributed by atoms with Crippen molar-refractivity contribution in [3.05, 3.63) is 85.2 Å². The van der Waals surface area contributed by atoms with E-state index in [1.807, 2.05) is 72.8 Å². The Labute approximate surface area is 162 Å². The Balaban J connectivity index is 1.55. The monoisotopic (exact) mass is 364 g/mol. The summed E-state index contributed by atoms with van der Waals surface area (Å²) in [5.74, 6) is 0. The van der Waals surface area contributed by atoms with E-state index >= 15 is 0 Å². The maximum atomic E-state index is 4.40. The molecule has 6 heteroatoms. The van der Waals surface area contributed by atoms with Crippen LogP contribution in [-0.2, 0) is 0 Å². The van der Waals surface area contributed by atoms with Gasteiger partial charge in [0.25, 0.3) is 0 Å². The van der Waals surface area contributed by atoms with Crippen molar-refractivity contribution in [3.63, 3.8) is 0 Å². The third-order valence-corrected chi connectivity index (χ3v) is 4.10. The lowest BCUT2D eigenvalue weighted by Crippen LogP contribution is -1.75. The number of rotatable bonds is 5. The smallest absolute Gasteiger partial charge is 0.104 e. The highest BCUT2D eigenvalue weighted by Gasteiger charge is 2.04. The van der Waals surface area contributed by atoms with E-state index in [-0.39, 0.29) is 0 Å². The van der Waals surface area contributed by atoms with Crippen LogP contribution in [0.25, 0.3) is 10.8 Å². The topological polar surface area (TPSA) is 74.7 Å². The number of hydrogen-bond acceptors (Lipinski definition) is 6. The molecule has 28 heavy (non-hydrogen) atoms. The third kappa shape index (κ3) is 3.86. The molecule has 0 N–H and O–H groups in total. The van der Waals surface area contributed by atoms with Gasteiger partial charge in [0.05, 0.1) is 28.9 Å². The largest absolute Gasteiger partial charge is 0.264 e. The van der Waals surface area contributed by atoms with Crippen molar-refractivity contribution in [2.45, 2.75) is 0 Å². The van der Waals surface area contributed by atoms with Gasteiger partial charge in [-0.25, -0.2) is 0 Å². The molecule has 4 aromatic rings. The molecule has 0 radical (unpaired) electrons. The summed E-state index contributed by atoms with van der Waals surface area (Å²) in [5.41, 5.74) is 3.78. The van der Waals surface area contributed by atoms with Crippen LogP contribution in [0.2, 0.25) is 0 Å². The summed E-state index contributed by atoms with van der Waals surface area (Å²) >= 11 is 0. The van der Waals surface area contributed by atoms with E-state index in [1.165, 1.54) is 0 Å². The van der Waals surface area contributed by atoms with Gasteiger partial charge in [-0.2, -0.15) is 10.2 Å². The number of fused-ring (bicyclic) bond motifs is 1. The Bertz CT molecular complexity index is 1160. The predicted molar refractivity (Wildman–Crippen MR) is 112 cm³/mol. The summed E-state index contributed by atoms with van der Waals surface area (Å²) in [7, 11) is 0. The first-order valence-corrected chi connectivity index (χ1v) is 8.65. The maximum absolute atomic E-state index is 4.40. The van der Waals surface area contributed by atoms with Crippen LogP contribution in [0.5, 0.6) is 0 Å². The Morgan fingerprint density at radius 2 is 1.18 bits per heavy atom. The quantitative estimate of drug-likeness (QED) is 0.268. The van der Waals surface area contributed by atoms with Gasteiger partial charge in [0, 0.05) is 17.0 Å². The fourth-order valence-corrected chi connectivity index (χ4v) is 2.72. The summed E-state index contributed by atoms with van der Waals surface area (Å²) < 4.78 is 0. The van der Waals surface area contributed by atoms with Gasteiger partial charge in [-0.05, 0) is 55.2 Å². The Morgan fingerprint density at radius 3 is 1.82 bits per heavy atom. The average Bonchev–Trinajstić information content (AvgIpc) is 2.77. The number of azo groups is 2. The molecule has 0 bridgehead atoms. The summed E-state index contributed by atoms with van der Waals surface area (Å²) in [4.78, 5) is 8.07. The van der Waals surface area contributed by atoms with E-state index < -0.39 is 0 Å². The lowest BCUT2D eigenvalue weighted by Gasteiger charge is -2.04. The Kier molecular flexibility index (Phi) is 5.02. The highest BCUT2D eigenvalue weighted by molar-refractivity contribution is 6.00. The van der Waals surface area contributed by atoms with Crippen LogP contribution in [0.1, 0.15) is 0 Å². The fraction of sp³-hybridized carbons (Fsp3) is 0. The number of pyridine rings is 1. The van der Waals surface area contributed by atoms with E-state index in [9.17, 15) is 0 Å². The molecule has 0 aliphatic rings. The van der Waals surface area contributed by atoms with E-state index in [0.717, 1.165) is 33.5 Å². The van der Waals surface area contributed by atoms with Crippen molar-refractivity contribution >= 4 is 45.9 Å². The fourth-order valence-electron chi connectivity index (χ4n) is 2.72. The molecule has 0 spiro atoms. The Morgan fingerprint density at radius 1 is 0.571 bits per heavy atom. The van der Waals surface area contributed by atoms with E-state index in [2.05, 4.69) is 37.2 Å². The summed E-state index contributed by atoms with van der Waals surface area (Å²) in [6, 6.07) is 22.8. The molecule has 0 aliphatic heterocycles. The molecule has 0 fully saturated rings. The van der Waals surface area contributed by atoms with Crippen LogP contribution >= 0.6 is 0 Å². The number of aromatic nitrogens is 1. The molecular weight excluding hydrogens is 348 g/mol. The molecule has 134 valence electrons. The van der Waals surface area contributed by atoms with Crippen molar-refractivity contribution < 1.29 is 0 Å². The molecule has 0 saturated heterocycles. The van der Waals surface area contributed by atoms with E-state index in [4.69, 9.17) is 0 Å². The van der Waals surface area contributed by atoms with Crippen LogP contribution in [0.4, 0.5) is 28.4 Å². The molecule has 1 aromatic heterocycles. The minimum absolute atomic E-state index is 0.704. The number of hydrogen-bond donors (Lipinski definition) is 0. The van der Waals surface area contributed by atoms with Gasteiger partial charge in [0.2, 0.25) is 0 Å². The van der Waals surface area contributed by atoms with Crippen LogP contribution in [0.15, 0.2) is 111 Å². The lowest BCUT2D eigenvalue weighted by molar-refractivity contribution is 1.19. The van der Waals surface area contributed by atoms with Gasteiger partial charge < -0.3 is 0 Å². The minimum Gasteiger partial charge on any atom is -0.264 e. The Hall–Kier alpha value is -4.06. The zero-order valence-electron chi connectivity index (χ0n) is 15.0. The van der Waals surface area contributed by atoms with Gasteiger partial charge in [-0.3, -0.25) is 9.98 Å². The standard InChI is InChI=1S/C22H16N6/c1-23-21-12-13-22(20-7-3-2-6-19(20)21)28-26-17-10-8-16(9-11-17)25-27-18-5-4-14-24-15-18/h2-15H,1H2. The normalized spacial score (nSPS) is 11.4. The SMILES string of the molecule is C=Nc1ccc(N=Nc2ccc(N=Nc3cccnc3)cc2)c2ccccc12. The second kappa shape index (κ2) is 8.09. The second-order valence-electron chi connectivity index (χ2n) is 5.94. The zero-order valence-corrected chi connectivity index (χ0v) is 15.0. The molecule has 4 rings (SSSR count). The first-order valence-electron chi connectivity index (χ1n) is 8.65. The summed E-state index contributed by atoms with van der Waals surface area (Å²) in [5, 5.41) is 19.1. The molecule has 0 saturated carbocycles. The van der Waals surface area contributed by atoms with Crippen molar-refractivity contribution in [1.82, 2.24) is 4.98 Å². The zero-order chi connectivity index (χ0) is 19.2. The molecule has 0 aliphatic carbocycles. The predicted octanol–water partition coefficient (Wildman–Crippen LogP) is 7.40. The van der Waals surface area contributed by atoms with Crippen molar-refractivity contribution in [3.8, 4) is 0 Å². The van der Waals surface area contributed by atoms with Gasteiger partial charge >= 0.3 is 0 Å². The maximum Gasteiger partial charge on any atom is 0.104 e. The highest BCUT2D eigenvalue weighted by atomic mass is 15.1. The van der Waals surface area contributed by atoms with E-state index in [0.29, 0.717) is 5.69 Å². The minimum atomic E-state index is 0.704. The van der Waals surface area contributed by atoms with Crippen LogP contribution in [0.3, 0.4) is 0 Å². The van der Waals surface area contributed by atoms with Crippen molar-refractivity contribution in [2.24, 2.45) is 25.4 Å². The molecule has 3 aromatic carbocycles. The molecule has 1 heterocycles. The van der Waals surface area contributed by atoms with Gasteiger partial charge in [-0.1, -0.05) is 24.3 Å². The molecule has 0 unspecified atom stereocenters. The van der Waals surface area contributed by atoms with E-state index in [1.54, 1.807) is 12.4 Å². The summed E-state index contributed by atoms with van der Waals surface area (Å²) in [6.07, 6.45) is 3.35. The van der Waals surface area contributed by atoms with Crippen molar-refractivity contribution in [1.29, 1.82) is 0 Å². The van der Waals surface area contributed by atoms with Crippen LogP contribution in [0, 0.1) is 0 Å². The third-order valence-electron chi connectivity index (χ3n) is 4.10. The summed E-state index contributed by atoms with van der Waals surface area (Å²) in [6.45, 7) is 3.62. The van der Waals surface area contributed by atoms with Crippen molar-refractivity contribution in [2.75, 3.05) is 0 Å². The number of benzene rings is 3. The second-order valence-corrected chi connectivity index (χ2v) is 5.94.